The molecule has 0 aromatic heterocycles. The van der Waals surface area contributed by atoms with Gasteiger partial charge in [0.25, 0.3) is 6.71 Å². The van der Waals surface area contributed by atoms with Gasteiger partial charge in [0.2, 0.25) is 0 Å². The Hall–Kier alpha value is -1.06. The molecule has 17 heavy (non-hydrogen) atoms. The zero-order valence-corrected chi connectivity index (χ0v) is 11.0. The number of carbonyl (C=O) groups excluding carboxylic acids is 1. The van der Waals surface area contributed by atoms with Crippen molar-refractivity contribution in [1.82, 2.24) is 0 Å². The van der Waals surface area contributed by atoms with Gasteiger partial charge in [-0.2, -0.15) is 0 Å². The summed E-state index contributed by atoms with van der Waals surface area (Å²) in [5, 5.41) is 8.70. The maximum absolute atomic E-state index is 11.3. The van der Waals surface area contributed by atoms with E-state index in [0.29, 0.717) is 19.2 Å². The zero-order chi connectivity index (χ0) is 13.5. The Morgan fingerprint density at radius 2 is 2.12 bits per heavy atom. The van der Waals surface area contributed by atoms with Crippen LogP contribution in [-0.2, 0) is 14.3 Å². The van der Waals surface area contributed by atoms with Crippen molar-refractivity contribution in [2.75, 3.05) is 13.7 Å². The van der Waals surface area contributed by atoms with Crippen LogP contribution in [-0.4, -0.2) is 38.0 Å². The first-order valence-corrected chi connectivity index (χ1v) is 5.96. The smallest absolute Gasteiger partial charge is 0.325 e. The molecule has 0 aromatic carbocycles. The van der Waals surface area contributed by atoms with Gasteiger partial charge in [0.15, 0.2) is 0 Å². The Kier molecular flexibility index (Phi) is 6.85. The Morgan fingerprint density at radius 3 is 2.47 bits per heavy atom. The van der Waals surface area contributed by atoms with Crippen LogP contribution >= 0.6 is 0 Å². The SMILES string of the molecule is CC.CCOC1(C(N)C(=O)OC)CB(C#N)C1. The average Bonchev–Trinajstić information content (AvgIpc) is 2.33. The van der Waals surface area contributed by atoms with Gasteiger partial charge < -0.3 is 15.2 Å². The lowest BCUT2D eigenvalue weighted by molar-refractivity contribution is -0.151. The highest BCUT2D eigenvalue weighted by molar-refractivity contribution is 6.70. The van der Waals surface area contributed by atoms with Crippen molar-refractivity contribution in [3.63, 3.8) is 0 Å². The molecule has 0 radical (unpaired) electrons. The summed E-state index contributed by atoms with van der Waals surface area (Å²) in [6.07, 6.45) is 1.02. The Morgan fingerprint density at radius 1 is 1.59 bits per heavy atom. The molecule has 1 saturated heterocycles. The molecule has 5 nitrogen and oxygen atoms in total. The molecule has 2 N–H and O–H groups in total. The monoisotopic (exact) mass is 240 g/mol. The molecule has 1 atom stereocenters. The fourth-order valence-electron chi connectivity index (χ4n) is 1.96. The van der Waals surface area contributed by atoms with Crippen LogP contribution in [0.3, 0.4) is 0 Å². The highest BCUT2D eigenvalue weighted by Crippen LogP contribution is 2.39. The molecular weight excluding hydrogens is 219 g/mol. The number of hydrogen-bond acceptors (Lipinski definition) is 5. The van der Waals surface area contributed by atoms with Gasteiger partial charge in [-0.3, -0.25) is 4.79 Å². The van der Waals surface area contributed by atoms with E-state index in [9.17, 15) is 4.79 Å². The predicted molar refractivity (Wildman–Crippen MR) is 66.7 cm³/mol. The first-order valence-electron chi connectivity index (χ1n) is 5.96. The van der Waals surface area contributed by atoms with Gasteiger partial charge >= 0.3 is 5.97 Å². The quantitative estimate of drug-likeness (QED) is 0.581. The lowest BCUT2D eigenvalue weighted by Crippen LogP contribution is -2.63. The predicted octanol–water partition coefficient (Wildman–Crippen LogP) is 0.859. The molecule has 1 heterocycles. The van der Waals surface area contributed by atoms with Gasteiger partial charge in [-0.05, 0) is 19.6 Å². The van der Waals surface area contributed by atoms with Crippen LogP contribution in [0.5, 0.6) is 0 Å². The van der Waals surface area contributed by atoms with E-state index in [1.807, 2.05) is 20.8 Å². The molecule has 0 spiro atoms. The number of nitriles is 1. The number of nitrogens with zero attached hydrogens (tertiary/aromatic N) is 1. The molecule has 1 aliphatic heterocycles. The van der Waals surface area contributed by atoms with E-state index < -0.39 is 17.6 Å². The number of ether oxygens (including phenoxy) is 2. The highest BCUT2D eigenvalue weighted by Gasteiger charge is 2.54. The molecule has 1 aliphatic rings. The van der Waals surface area contributed by atoms with Gasteiger partial charge in [0.1, 0.15) is 6.04 Å². The van der Waals surface area contributed by atoms with Crippen LogP contribution in [0.1, 0.15) is 20.8 Å². The van der Waals surface area contributed by atoms with Gasteiger partial charge in [-0.15, -0.1) is 0 Å². The maximum atomic E-state index is 11.3. The Bertz CT molecular complexity index is 285. The van der Waals surface area contributed by atoms with E-state index >= 15 is 0 Å². The molecule has 0 amide bonds. The van der Waals surface area contributed by atoms with Crippen molar-refractivity contribution in [2.24, 2.45) is 5.73 Å². The Labute approximate surface area is 103 Å². The van der Waals surface area contributed by atoms with Crippen molar-refractivity contribution in [3.8, 4) is 5.97 Å². The molecule has 1 rings (SSSR count). The molecule has 1 unspecified atom stereocenters. The van der Waals surface area contributed by atoms with Crippen LogP contribution in [0.25, 0.3) is 0 Å². The largest absolute Gasteiger partial charge is 0.468 e. The van der Waals surface area contributed by atoms with Crippen LogP contribution in [0.2, 0.25) is 12.6 Å². The number of methoxy groups -OCH3 is 1. The van der Waals surface area contributed by atoms with Crippen molar-refractivity contribution < 1.29 is 14.3 Å². The number of nitrogens with two attached hydrogens (primary N) is 1. The fraction of sp³-hybridized carbons (Fsp3) is 0.818. The summed E-state index contributed by atoms with van der Waals surface area (Å²) in [5.41, 5.74) is 5.07. The molecule has 0 saturated carbocycles. The van der Waals surface area contributed by atoms with Crippen LogP contribution < -0.4 is 5.73 Å². The summed E-state index contributed by atoms with van der Waals surface area (Å²) in [4.78, 5) is 11.3. The first-order chi connectivity index (χ1) is 8.09. The average molecular weight is 240 g/mol. The van der Waals surface area contributed by atoms with Gasteiger partial charge in [0.05, 0.1) is 12.7 Å². The topological polar surface area (TPSA) is 85.3 Å². The minimum absolute atomic E-state index is 0.0627. The molecule has 1 fully saturated rings. The second kappa shape index (κ2) is 7.31. The third-order valence-electron chi connectivity index (χ3n) is 2.82. The van der Waals surface area contributed by atoms with Crippen molar-refractivity contribution in [1.29, 1.82) is 5.26 Å². The van der Waals surface area contributed by atoms with Gasteiger partial charge in [-0.25, -0.2) is 5.26 Å². The van der Waals surface area contributed by atoms with Gasteiger partial charge in [0, 0.05) is 12.6 Å². The standard InChI is InChI=1S/C9H15BN2O3.C2H6/c1-3-15-9(4-10(5-9)6-11)7(12)8(13)14-2;1-2/h7H,3-5,12H2,1-2H3;1-2H3. The fourth-order valence-corrected chi connectivity index (χ4v) is 1.96. The molecule has 0 aromatic rings. The minimum atomic E-state index is -0.799. The van der Waals surface area contributed by atoms with Crippen LogP contribution in [0, 0.1) is 11.2 Å². The lowest BCUT2D eigenvalue weighted by Gasteiger charge is -2.45. The number of hydrogen-bond donors (Lipinski definition) is 1. The van der Waals surface area contributed by atoms with Crippen LogP contribution in [0.15, 0.2) is 0 Å². The van der Waals surface area contributed by atoms with Crippen LogP contribution in [0.4, 0.5) is 0 Å². The van der Waals surface area contributed by atoms with E-state index in [1.54, 1.807) is 0 Å². The lowest BCUT2D eigenvalue weighted by atomic mass is 9.30. The minimum Gasteiger partial charge on any atom is -0.468 e. The van der Waals surface area contributed by atoms with Crippen molar-refractivity contribution in [2.45, 2.75) is 45.1 Å². The molecule has 0 bridgehead atoms. The number of esters is 1. The normalized spacial score (nSPS) is 18.0. The molecule has 6 heteroatoms. The number of carbonyl (C=O) groups is 1. The third kappa shape index (κ3) is 3.45. The Balaban J connectivity index is 0.00000121. The first kappa shape index (κ1) is 15.9. The van der Waals surface area contributed by atoms with Crippen molar-refractivity contribution >= 4 is 12.7 Å². The van der Waals surface area contributed by atoms with Crippen molar-refractivity contribution in [3.05, 3.63) is 0 Å². The van der Waals surface area contributed by atoms with Gasteiger partial charge in [-0.1, -0.05) is 13.8 Å². The van der Waals surface area contributed by atoms with E-state index in [-0.39, 0.29) is 6.71 Å². The number of rotatable bonds is 4. The molecular formula is C11H21BN2O3. The van der Waals surface area contributed by atoms with E-state index in [0.717, 1.165) is 0 Å². The summed E-state index contributed by atoms with van der Waals surface area (Å²) >= 11 is 0. The van der Waals surface area contributed by atoms with E-state index in [4.69, 9.17) is 15.7 Å². The summed E-state index contributed by atoms with van der Waals surface area (Å²) in [7, 11) is 1.29. The second-order valence-electron chi connectivity index (χ2n) is 3.73. The molecule has 0 aliphatic carbocycles. The summed E-state index contributed by atoms with van der Waals surface area (Å²) in [5.74, 6) is 1.65. The highest BCUT2D eigenvalue weighted by atomic mass is 16.5. The summed E-state index contributed by atoms with van der Waals surface area (Å²) in [6, 6.07) is -0.799. The molecule has 96 valence electrons. The second-order valence-corrected chi connectivity index (χ2v) is 3.73. The maximum Gasteiger partial charge on any atom is 0.325 e. The summed E-state index contributed by atoms with van der Waals surface area (Å²) < 4.78 is 10.1. The van der Waals surface area contributed by atoms with E-state index in [1.165, 1.54) is 7.11 Å². The zero-order valence-electron chi connectivity index (χ0n) is 11.0. The third-order valence-corrected chi connectivity index (χ3v) is 2.82. The van der Waals surface area contributed by atoms with E-state index in [2.05, 4.69) is 10.7 Å². The summed E-state index contributed by atoms with van der Waals surface area (Å²) in [6.45, 7) is 6.25.